The van der Waals surface area contributed by atoms with E-state index in [1.54, 1.807) is 0 Å². The second kappa shape index (κ2) is 3.35. The van der Waals surface area contributed by atoms with E-state index >= 15 is 0 Å². The van der Waals surface area contributed by atoms with Gasteiger partial charge in [-0.3, -0.25) is 4.90 Å². The molecule has 1 saturated heterocycles. The highest BCUT2D eigenvalue weighted by Gasteiger charge is 2.15. The van der Waals surface area contributed by atoms with E-state index in [-0.39, 0.29) is 0 Å². The molecule has 2 aliphatic rings. The van der Waals surface area contributed by atoms with Gasteiger partial charge in [-0.25, -0.2) is 0 Å². The van der Waals surface area contributed by atoms with Crippen LogP contribution in [0.4, 0.5) is 0 Å². The van der Waals surface area contributed by atoms with E-state index in [9.17, 15) is 0 Å². The van der Waals surface area contributed by atoms with Crippen molar-refractivity contribution in [3.63, 3.8) is 0 Å². The summed E-state index contributed by atoms with van der Waals surface area (Å²) in [6.45, 7) is 4.74. The van der Waals surface area contributed by atoms with Gasteiger partial charge in [-0.05, 0) is 25.9 Å². The smallest absolute Gasteiger partial charge is 0.0902 e. The maximum absolute atomic E-state index is 2.52. The van der Waals surface area contributed by atoms with Gasteiger partial charge in [0.15, 0.2) is 0 Å². The van der Waals surface area contributed by atoms with E-state index in [4.69, 9.17) is 0 Å². The molecule has 0 unspecified atom stereocenters. The van der Waals surface area contributed by atoms with Crippen molar-refractivity contribution in [3.05, 3.63) is 12.4 Å². The van der Waals surface area contributed by atoms with E-state index in [2.05, 4.69) is 34.1 Å². The molecule has 0 saturated carbocycles. The molecule has 0 aliphatic carbocycles. The summed E-state index contributed by atoms with van der Waals surface area (Å²) in [4.78, 5) is 7.07. The number of rotatable bonds is 2. The minimum absolute atomic E-state index is 1.05. The average molecular weight is 167 g/mol. The largest absolute Gasteiger partial charge is 0.362 e. The lowest BCUT2D eigenvalue weighted by Gasteiger charge is -2.24. The van der Waals surface area contributed by atoms with Crippen LogP contribution in [0, 0.1) is 0 Å². The molecule has 12 heavy (non-hydrogen) atoms. The topological polar surface area (TPSA) is 9.72 Å². The quantitative estimate of drug-likeness (QED) is 0.600. The Kier molecular flexibility index (Phi) is 2.21. The highest BCUT2D eigenvalue weighted by atomic mass is 15.4. The van der Waals surface area contributed by atoms with Gasteiger partial charge in [0.25, 0.3) is 0 Å². The van der Waals surface area contributed by atoms with Crippen LogP contribution in [-0.4, -0.2) is 48.2 Å². The van der Waals surface area contributed by atoms with Crippen LogP contribution in [0.5, 0.6) is 0 Å². The summed E-state index contributed by atoms with van der Waals surface area (Å²) in [5.74, 6) is 0. The molecule has 3 nitrogen and oxygen atoms in total. The van der Waals surface area contributed by atoms with Crippen molar-refractivity contribution >= 4 is 0 Å². The Labute approximate surface area is 74.2 Å². The molecule has 1 fully saturated rings. The summed E-state index contributed by atoms with van der Waals surface area (Å²) in [7, 11) is 2.11. The molecule has 2 rings (SSSR count). The second-order valence-electron chi connectivity index (χ2n) is 3.75. The van der Waals surface area contributed by atoms with Crippen molar-refractivity contribution in [2.24, 2.45) is 0 Å². The first kappa shape index (κ1) is 7.92. The molecule has 0 aromatic carbocycles. The first-order valence-corrected chi connectivity index (χ1v) is 4.69. The van der Waals surface area contributed by atoms with E-state index in [1.165, 1.54) is 25.9 Å². The summed E-state index contributed by atoms with van der Waals surface area (Å²) in [6, 6.07) is 0. The highest BCUT2D eigenvalue weighted by Crippen LogP contribution is 2.10. The highest BCUT2D eigenvalue weighted by molar-refractivity contribution is 4.88. The van der Waals surface area contributed by atoms with Crippen LogP contribution in [0.3, 0.4) is 0 Å². The van der Waals surface area contributed by atoms with Crippen LogP contribution in [-0.2, 0) is 0 Å². The summed E-state index contributed by atoms with van der Waals surface area (Å²) >= 11 is 0. The zero-order valence-electron chi connectivity index (χ0n) is 7.74. The molecule has 0 atom stereocenters. The average Bonchev–Trinajstić information content (AvgIpc) is 2.63. The first-order valence-electron chi connectivity index (χ1n) is 4.69. The van der Waals surface area contributed by atoms with Gasteiger partial charge >= 0.3 is 0 Å². The van der Waals surface area contributed by atoms with Crippen LogP contribution >= 0.6 is 0 Å². The van der Waals surface area contributed by atoms with Gasteiger partial charge in [0.2, 0.25) is 0 Å². The molecule has 2 heterocycles. The molecule has 3 heteroatoms. The lowest BCUT2D eigenvalue weighted by molar-refractivity contribution is 0.180. The molecule has 0 spiro atoms. The maximum atomic E-state index is 2.52. The lowest BCUT2D eigenvalue weighted by Crippen LogP contribution is -2.34. The standard InChI is InChI=1S/C9H17N3/c1-10-6-7-12(8-10)9-11-4-2-3-5-11/h6-7H,2-5,8-9H2,1H3. The SMILES string of the molecule is CN1C=CN(CN2CCCC2)C1. The molecule has 0 bridgehead atoms. The van der Waals surface area contributed by atoms with Crippen LogP contribution in [0.2, 0.25) is 0 Å². The predicted molar refractivity (Wildman–Crippen MR) is 49.3 cm³/mol. The van der Waals surface area contributed by atoms with Crippen molar-refractivity contribution in [2.45, 2.75) is 12.8 Å². The Morgan fingerprint density at radius 1 is 1.17 bits per heavy atom. The molecule has 0 radical (unpaired) electrons. The van der Waals surface area contributed by atoms with Gasteiger partial charge in [-0.15, -0.1) is 0 Å². The third-order valence-corrected chi connectivity index (χ3v) is 2.52. The van der Waals surface area contributed by atoms with E-state index in [1.807, 2.05) is 0 Å². The molecule has 2 aliphatic heterocycles. The van der Waals surface area contributed by atoms with Crippen molar-refractivity contribution in [3.8, 4) is 0 Å². The van der Waals surface area contributed by atoms with Crippen molar-refractivity contribution in [1.82, 2.24) is 14.7 Å². The third-order valence-electron chi connectivity index (χ3n) is 2.52. The summed E-state index contributed by atoms with van der Waals surface area (Å²) < 4.78 is 0. The van der Waals surface area contributed by atoms with Crippen LogP contribution in [0.25, 0.3) is 0 Å². The molecule has 0 aromatic rings. The Hall–Kier alpha value is -0.700. The van der Waals surface area contributed by atoms with Gasteiger partial charge in [0.1, 0.15) is 0 Å². The first-order chi connectivity index (χ1) is 5.84. The summed E-state index contributed by atoms with van der Waals surface area (Å²) in [5, 5.41) is 0. The van der Waals surface area contributed by atoms with Crippen molar-refractivity contribution < 1.29 is 0 Å². The van der Waals surface area contributed by atoms with Crippen LogP contribution in [0.15, 0.2) is 12.4 Å². The minimum atomic E-state index is 1.05. The minimum Gasteiger partial charge on any atom is -0.362 e. The number of hydrogen-bond acceptors (Lipinski definition) is 3. The van der Waals surface area contributed by atoms with Crippen molar-refractivity contribution in [1.29, 1.82) is 0 Å². The maximum Gasteiger partial charge on any atom is 0.0902 e. The second-order valence-corrected chi connectivity index (χ2v) is 3.75. The molecular weight excluding hydrogens is 150 g/mol. The van der Waals surface area contributed by atoms with E-state index in [0.717, 1.165) is 13.3 Å². The molecule has 68 valence electrons. The van der Waals surface area contributed by atoms with Gasteiger partial charge in [-0.1, -0.05) is 0 Å². The lowest BCUT2D eigenvalue weighted by atomic mass is 10.4. The van der Waals surface area contributed by atoms with Gasteiger partial charge in [-0.2, -0.15) is 0 Å². The molecule has 0 aromatic heterocycles. The summed E-state index contributed by atoms with van der Waals surface area (Å²) in [6.07, 6.45) is 7.08. The Balaban J connectivity index is 1.76. The summed E-state index contributed by atoms with van der Waals surface area (Å²) in [5.41, 5.74) is 0. The fourth-order valence-electron chi connectivity index (χ4n) is 1.86. The third kappa shape index (κ3) is 1.72. The fraction of sp³-hybridized carbons (Fsp3) is 0.778. The molecule has 0 N–H and O–H groups in total. The van der Waals surface area contributed by atoms with E-state index in [0.29, 0.717) is 0 Å². The fourth-order valence-corrected chi connectivity index (χ4v) is 1.86. The van der Waals surface area contributed by atoms with Gasteiger partial charge in [0.05, 0.1) is 13.3 Å². The zero-order chi connectivity index (χ0) is 8.39. The van der Waals surface area contributed by atoms with Crippen LogP contribution in [0.1, 0.15) is 12.8 Å². The Bertz CT molecular complexity index is 173. The number of hydrogen-bond donors (Lipinski definition) is 0. The Morgan fingerprint density at radius 2 is 1.92 bits per heavy atom. The van der Waals surface area contributed by atoms with Gasteiger partial charge in [0, 0.05) is 19.4 Å². The normalized spacial score (nSPS) is 24.4. The van der Waals surface area contributed by atoms with Crippen molar-refractivity contribution in [2.75, 3.05) is 33.5 Å². The Morgan fingerprint density at radius 3 is 2.50 bits per heavy atom. The number of likely N-dealkylation sites (tertiary alicyclic amines) is 1. The van der Waals surface area contributed by atoms with E-state index < -0.39 is 0 Å². The van der Waals surface area contributed by atoms with Gasteiger partial charge < -0.3 is 9.80 Å². The van der Waals surface area contributed by atoms with Crippen LogP contribution < -0.4 is 0 Å². The predicted octanol–water partition coefficient (Wildman–Crippen LogP) is 0.716. The molecule has 0 amide bonds. The monoisotopic (exact) mass is 167 g/mol. The number of nitrogens with zero attached hydrogens (tertiary/aromatic N) is 3. The zero-order valence-corrected chi connectivity index (χ0v) is 7.74. The molecular formula is C9H17N3.